The van der Waals surface area contributed by atoms with Crippen LogP contribution in [0.2, 0.25) is 0 Å². The summed E-state index contributed by atoms with van der Waals surface area (Å²) in [6.07, 6.45) is 0. The molecule has 0 saturated carbocycles. The maximum Gasteiger partial charge on any atom is 0.264 e. The molecular weight excluding hydrogens is 570 g/mol. The number of nitrogens with zero attached hydrogens (tertiary/aromatic N) is 6. The van der Waals surface area contributed by atoms with Gasteiger partial charge in [0.15, 0.2) is 4.34 Å². The molecule has 4 aromatic rings. The molecule has 10 nitrogen and oxygen atoms in total. The zero-order valence-corrected chi connectivity index (χ0v) is 22.4. The second-order valence-corrected chi connectivity index (χ2v) is 11.0. The zero-order chi connectivity index (χ0) is 24.6. The fourth-order valence-corrected chi connectivity index (χ4v) is 5.31. The van der Waals surface area contributed by atoms with Gasteiger partial charge in [-0.1, -0.05) is 93.3 Å². The maximum atomic E-state index is 12.3. The van der Waals surface area contributed by atoms with Crippen LogP contribution < -0.4 is 16.6 Å². The van der Waals surface area contributed by atoms with E-state index < -0.39 is 0 Å². The van der Waals surface area contributed by atoms with Gasteiger partial charge >= 0.3 is 0 Å². The Morgan fingerprint density at radius 3 is 2.63 bits per heavy atom. The second-order valence-electron chi connectivity index (χ2n) is 6.98. The Kier molecular flexibility index (Phi) is 8.74. The molecule has 2 aromatic heterocycles. The van der Waals surface area contributed by atoms with Crippen molar-refractivity contribution in [1.82, 2.24) is 25.1 Å². The monoisotopic (exact) mass is 589 g/mol. The number of nitrogens with two attached hydrogens (primary N) is 1. The number of hydrazone groups is 1. The maximum absolute atomic E-state index is 12.3. The minimum Gasteiger partial charge on any atom is -0.334 e. The number of nitrogen functional groups attached to an aromatic ring is 1. The smallest absolute Gasteiger partial charge is 0.264 e. The van der Waals surface area contributed by atoms with E-state index in [1.54, 1.807) is 11.8 Å². The van der Waals surface area contributed by atoms with Crippen molar-refractivity contribution in [1.29, 1.82) is 0 Å². The van der Waals surface area contributed by atoms with Gasteiger partial charge < -0.3 is 5.84 Å². The molecule has 2 heterocycles. The largest absolute Gasteiger partial charge is 0.334 e. The minimum atomic E-state index is -0.243. The van der Waals surface area contributed by atoms with E-state index in [1.165, 1.54) is 21.6 Å². The lowest BCUT2D eigenvalue weighted by molar-refractivity contribution is -0.113. The highest BCUT2D eigenvalue weighted by Gasteiger charge is 2.14. The van der Waals surface area contributed by atoms with Crippen molar-refractivity contribution < 1.29 is 4.79 Å². The van der Waals surface area contributed by atoms with E-state index in [1.807, 2.05) is 49.4 Å². The van der Waals surface area contributed by atoms with E-state index in [2.05, 4.69) is 64.3 Å². The van der Waals surface area contributed by atoms with Crippen molar-refractivity contribution in [2.75, 3.05) is 22.3 Å². The van der Waals surface area contributed by atoms with Crippen LogP contribution >= 0.6 is 50.8 Å². The van der Waals surface area contributed by atoms with Crippen LogP contribution in [0.1, 0.15) is 18.1 Å². The number of carbonyl (C=O) groups is 1. The van der Waals surface area contributed by atoms with Crippen LogP contribution in [0.5, 0.6) is 0 Å². The lowest BCUT2D eigenvalue weighted by atomic mass is 10.1. The molecule has 4 N–H and O–H groups in total. The number of amides is 1. The number of benzene rings is 2. The molecule has 0 aliphatic heterocycles. The summed E-state index contributed by atoms with van der Waals surface area (Å²) in [5, 5.41) is 24.0. The van der Waals surface area contributed by atoms with Crippen molar-refractivity contribution in [2.24, 2.45) is 5.10 Å². The Hall–Kier alpha value is -2.94. The molecule has 0 bridgehead atoms. The number of hydrogen-bond donors (Lipinski definition) is 3. The number of thioether (sulfide) groups is 2. The molecule has 0 spiro atoms. The topological polar surface area (TPSA) is 136 Å². The molecule has 2 aromatic carbocycles. The van der Waals surface area contributed by atoms with Crippen molar-refractivity contribution in [2.45, 2.75) is 22.2 Å². The summed E-state index contributed by atoms with van der Waals surface area (Å²) >= 11 is 7.47. The Bertz CT molecular complexity index is 1310. The molecule has 1 amide bonds. The van der Waals surface area contributed by atoms with Crippen LogP contribution in [0.25, 0.3) is 0 Å². The number of hydrogen-bond acceptors (Lipinski definition) is 11. The number of aromatic nitrogens is 5. The molecule has 0 radical (unpaired) electrons. The van der Waals surface area contributed by atoms with Crippen molar-refractivity contribution >= 4 is 73.5 Å². The molecule has 35 heavy (non-hydrogen) atoms. The molecule has 0 fully saturated rings. The lowest BCUT2D eigenvalue weighted by Gasteiger charge is -2.04. The molecule has 0 unspecified atom stereocenters. The Morgan fingerprint density at radius 1 is 1.09 bits per heavy atom. The van der Waals surface area contributed by atoms with Gasteiger partial charge in [-0.3, -0.25) is 10.1 Å². The summed E-state index contributed by atoms with van der Waals surface area (Å²) in [7, 11) is 0. The Balaban J connectivity index is 1.25. The van der Waals surface area contributed by atoms with Gasteiger partial charge in [-0.2, -0.15) is 5.10 Å². The van der Waals surface area contributed by atoms with Gasteiger partial charge in [-0.15, -0.1) is 20.4 Å². The SMILES string of the molecule is C/C(=N\Nc1nnc(SCC(=O)Nc2nnc(SCc3ccccc3)s2)n1N)c1ccc(Br)cc1. The van der Waals surface area contributed by atoms with E-state index in [0.717, 1.165) is 37.6 Å². The van der Waals surface area contributed by atoms with Crippen LogP contribution in [0.15, 0.2) is 73.7 Å². The standard InChI is InChI=1S/C21H20BrN9OS3/c1-13(15-7-9-16(22)10-8-15)25-26-18-27-29-20(31(18)23)33-12-17(32)24-19-28-30-21(35-19)34-11-14-5-3-2-4-6-14/h2-10H,11-12,23H2,1H3,(H,26,27)(H,24,28,32)/b25-13+. The molecule has 14 heteroatoms. The average Bonchev–Trinajstić information content (AvgIpc) is 3.46. The Morgan fingerprint density at radius 2 is 1.86 bits per heavy atom. The third kappa shape index (κ3) is 7.27. The van der Waals surface area contributed by atoms with E-state index in [-0.39, 0.29) is 17.6 Å². The van der Waals surface area contributed by atoms with Gasteiger partial charge in [-0.25, -0.2) is 10.1 Å². The predicted molar refractivity (Wildman–Crippen MR) is 145 cm³/mol. The average molecular weight is 591 g/mol. The van der Waals surface area contributed by atoms with Crippen LogP contribution in [0, 0.1) is 0 Å². The highest BCUT2D eigenvalue weighted by molar-refractivity contribution is 9.10. The first kappa shape index (κ1) is 25.2. The van der Waals surface area contributed by atoms with Crippen LogP contribution in [-0.4, -0.2) is 42.4 Å². The highest BCUT2D eigenvalue weighted by atomic mass is 79.9. The highest BCUT2D eigenvalue weighted by Crippen LogP contribution is 2.28. The van der Waals surface area contributed by atoms with Gasteiger partial charge in [0, 0.05) is 10.2 Å². The normalized spacial score (nSPS) is 11.4. The molecule has 0 saturated heterocycles. The van der Waals surface area contributed by atoms with Gasteiger partial charge in [0.05, 0.1) is 11.5 Å². The zero-order valence-electron chi connectivity index (χ0n) is 18.4. The summed E-state index contributed by atoms with van der Waals surface area (Å²) in [5.41, 5.74) is 5.71. The van der Waals surface area contributed by atoms with Gasteiger partial charge in [-0.05, 0) is 30.2 Å². The number of halogens is 1. The first-order valence-electron chi connectivity index (χ1n) is 10.2. The number of rotatable bonds is 10. The van der Waals surface area contributed by atoms with Crippen molar-refractivity contribution in [3.63, 3.8) is 0 Å². The van der Waals surface area contributed by atoms with Crippen LogP contribution in [0.3, 0.4) is 0 Å². The molecule has 180 valence electrons. The van der Waals surface area contributed by atoms with Crippen LogP contribution in [0.4, 0.5) is 11.1 Å². The Labute approximate surface area is 222 Å². The van der Waals surface area contributed by atoms with Crippen molar-refractivity contribution in [3.8, 4) is 0 Å². The van der Waals surface area contributed by atoms with E-state index in [0.29, 0.717) is 10.3 Å². The van der Waals surface area contributed by atoms with E-state index in [9.17, 15) is 4.79 Å². The summed E-state index contributed by atoms with van der Waals surface area (Å²) in [4.78, 5) is 12.3. The number of nitrogens with one attached hydrogen (secondary N) is 2. The molecular formula is C21H20BrN9OS3. The molecule has 0 aliphatic carbocycles. The first-order chi connectivity index (χ1) is 17.0. The predicted octanol–water partition coefficient (Wildman–Crippen LogP) is 4.47. The minimum absolute atomic E-state index is 0.0859. The summed E-state index contributed by atoms with van der Waals surface area (Å²) in [6, 6.07) is 17.9. The second kappa shape index (κ2) is 12.2. The quantitative estimate of drug-likeness (QED) is 0.0804. The van der Waals surface area contributed by atoms with E-state index in [4.69, 9.17) is 5.84 Å². The fraction of sp³-hybridized carbons (Fsp3) is 0.143. The van der Waals surface area contributed by atoms with Gasteiger partial charge in [0.1, 0.15) is 0 Å². The molecule has 4 rings (SSSR count). The third-order valence-electron chi connectivity index (χ3n) is 4.44. The third-order valence-corrected chi connectivity index (χ3v) is 7.96. The van der Waals surface area contributed by atoms with Gasteiger partial charge in [0.25, 0.3) is 5.95 Å². The van der Waals surface area contributed by atoms with Crippen LogP contribution in [-0.2, 0) is 10.5 Å². The summed E-state index contributed by atoms with van der Waals surface area (Å²) in [6.45, 7) is 1.87. The number of anilines is 2. The summed E-state index contributed by atoms with van der Waals surface area (Å²) in [5.74, 6) is 6.94. The molecule has 0 atom stereocenters. The summed E-state index contributed by atoms with van der Waals surface area (Å²) < 4.78 is 3.02. The lowest BCUT2D eigenvalue weighted by Crippen LogP contribution is -2.17. The fourth-order valence-electron chi connectivity index (χ4n) is 2.66. The van der Waals surface area contributed by atoms with E-state index >= 15 is 0 Å². The number of carbonyl (C=O) groups excluding carboxylic acids is 1. The molecule has 0 aliphatic rings. The first-order valence-corrected chi connectivity index (χ1v) is 13.8. The van der Waals surface area contributed by atoms with Crippen molar-refractivity contribution in [3.05, 3.63) is 70.2 Å². The van der Waals surface area contributed by atoms with Gasteiger partial charge in [0.2, 0.25) is 16.2 Å².